The van der Waals surface area contributed by atoms with Crippen LogP contribution in [-0.2, 0) is 6.32 Å². The maximum Gasteiger partial charge on any atom is 0.214 e. The summed E-state index contributed by atoms with van der Waals surface area (Å²) in [5.74, 6) is 0.182. The van der Waals surface area contributed by atoms with Crippen LogP contribution in [0.5, 0.6) is 0 Å². The first-order valence-electron chi connectivity index (χ1n) is 4.36. The fourth-order valence-corrected chi connectivity index (χ4v) is 1.27. The van der Waals surface area contributed by atoms with Crippen molar-refractivity contribution in [1.29, 1.82) is 0 Å². The molecule has 0 aliphatic carbocycles. The van der Waals surface area contributed by atoms with Gasteiger partial charge in [0.1, 0.15) is 13.7 Å². The number of benzene rings is 1. The molecule has 0 radical (unpaired) electrons. The van der Waals surface area contributed by atoms with Crippen LogP contribution in [0.2, 0.25) is 0 Å². The molecule has 0 N–H and O–H groups in total. The summed E-state index contributed by atoms with van der Waals surface area (Å²) in [6, 6.07) is 4.94. The molecule has 5 heteroatoms. The van der Waals surface area contributed by atoms with E-state index in [1.165, 1.54) is 12.5 Å². The van der Waals surface area contributed by atoms with E-state index in [0.29, 0.717) is 23.3 Å². The Morgan fingerprint density at radius 1 is 1.43 bits per heavy atom. The van der Waals surface area contributed by atoms with E-state index in [4.69, 9.17) is 0 Å². The van der Waals surface area contributed by atoms with E-state index in [9.17, 15) is 4.39 Å². The zero-order valence-electron chi connectivity index (χ0n) is 7.70. The maximum atomic E-state index is 13.4. The Hall–Kier alpha value is -1.65. The van der Waals surface area contributed by atoms with Crippen LogP contribution in [0.15, 0.2) is 29.1 Å². The van der Waals surface area contributed by atoms with E-state index >= 15 is 0 Å². The van der Waals surface area contributed by atoms with Gasteiger partial charge in [0, 0.05) is 5.56 Å². The van der Waals surface area contributed by atoms with Gasteiger partial charge >= 0.3 is 0 Å². The molecule has 14 heavy (non-hydrogen) atoms. The molecule has 0 bridgehead atoms. The quantitative estimate of drug-likeness (QED) is 0.663. The van der Waals surface area contributed by atoms with E-state index in [-0.39, 0.29) is 5.82 Å². The third kappa shape index (κ3) is 1.53. The molecule has 1 heterocycles. The molecule has 0 saturated heterocycles. The average Bonchev–Trinajstić information content (AvgIpc) is 2.70. The van der Waals surface area contributed by atoms with Crippen LogP contribution in [0, 0.1) is 5.82 Å². The second-order valence-corrected chi connectivity index (χ2v) is 2.91. The molecule has 0 amide bonds. The molecule has 3 nitrogen and oxygen atoms in total. The largest absolute Gasteiger partial charge is 0.342 e. The predicted octanol–water partition coefficient (Wildman–Crippen LogP) is 1.01. The van der Waals surface area contributed by atoms with E-state index in [0.717, 1.165) is 0 Å². The Kier molecular flexibility index (Phi) is 2.31. The molecule has 0 spiro atoms. The van der Waals surface area contributed by atoms with Crippen molar-refractivity contribution in [3.8, 4) is 11.4 Å². The van der Waals surface area contributed by atoms with Crippen molar-refractivity contribution in [3.63, 3.8) is 0 Å². The van der Waals surface area contributed by atoms with Gasteiger partial charge in [0.15, 0.2) is 0 Å². The summed E-state index contributed by atoms with van der Waals surface area (Å²) in [5.41, 5.74) is 1.32. The Bertz CT molecular complexity index is 430. The second kappa shape index (κ2) is 3.61. The van der Waals surface area contributed by atoms with Crippen LogP contribution < -0.4 is 0 Å². The van der Waals surface area contributed by atoms with E-state index < -0.39 is 0 Å². The van der Waals surface area contributed by atoms with Crippen LogP contribution in [0.4, 0.5) is 4.39 Å². The van der Waals surface area contributed by atoms with Gasteiger partial charge in [-0.2, -0.15) is 4.98 Å². The molecule has 2 rings (SSSR count). The summed E-state index contributed by atoms with van der Waals surface area (Å²) in [4.78, 5) is 3.84. The van der Waals surface area contributed by atoms with Gasteiger partial charge in [0.2, 0.25) is 12.2 Å². The molecule has 0 unspecified atom stereocenters. The number of rotatable bonds is 2. The smallest absolute Gasteiger partial charge is 0.214 e. The lowest BCUT2D eigenvalue weighted by Gasteiger charge is -2.00. The van der Waals surface area contributed by atoms with Crippen molar-refractivity contribution in [3.05, 3.63) is 36.0 Å². The number of hydrogen-bond acceptors (Lipinski definition) is 3. The Labute approximate surface area is 81.4 Å². The SMILES string of the molecule is BCc1ccc(-c2ncon2)cc1F. The Balaban J connectivity index is 2.43. The molecule has 0 aliphatic rings. The monoisotopic (exact) mass is 190 g/mol. The number of aromatic nitrogens is 2. The fraction of sp³-hybridized carbons (Fsp3) is 0.111. The summed E-state index contributed by atoms with van der Waals surface area (Å²) < 4.78 is 17.9. The van der Waals surface area contributed by atoms with Crippen LogP contribution in [-0.4, -0.2) is 18.0 Å². The lowest BCUT2D eigenvalue weighted by atomic mass is 9.95. The van der Waals surface area contributed by atoms with Gasteiger partial charge in [-0.15, -0.1) is 0 Å². The number of hydrogen-bond donors (Lipinski definition) is 0. The van der Waals surface area contributed by atoms with Crippen LogP contribution in [0.3, 0.4) is 0 Å². The van der Waals surface area contributed by atoms with Crippen molar-refractivity contribution in [2.45, 2.75) is 6.32 Å². The first-order valence-corrected chi connectivity index (χ1v) is 4.36. The Morgan fingerprint density at radius 3 is 2.86 bits per heavy atom. The van der Waals surface area contributed by atoms with Gasteiger partial charge in [-0.3, -0.25) is 0 Å². The molecule has 70 valence electrons. The number of halogens is 1. The van der Waals surface area contributed by atoms with E-state index in [1.807, 2.05) is 7.85 Å². The molecule has 0 saturated carbocycles. The number of nitrogens with zero attached hydrogens (tertiary/aromatic N) is 2. The third-order valence-corrected chi connectivity index (χ3v) is 2.05. The van der Waals surface area contributed by atoms with Crippen LogP contribution in [0.1, 0.15) is 5.56 Å². The standard InChI is InChI=1S/C9H8BFN2O/c10-4-7-2-1-6(3-8(7)11)9-12-5-14-13-9/h1-3,5H,4,10H2. The Morgan fingerprint density at radius 2 is 2.29 bits per heavy atom. The minimum absolute atomic E-state index is 0.227. The molecule has 0 aliphatic heterocycles. The average molecular weight is 190 g/mol. The third-order valence-electron chi connectivity index (χ3n) is 2.05. The van der Waals surface area contributed by atoms with Gasteiger partial charge in [0.05, 0.1) is 0 Å². The first-order chi connectivity index (χ1) is 6.81. The summed E-state index contributed by atoms with van der Waals surface area (Å²) in [6.07, 6.45) is 1.90. The zero-order valence-corrected chi connectivity index (χ0v) is 7.70. The molecule has 1 aromatic carbocycles. The maximum absolute atomic E-state index is 13.4. The molecular weight excluding hydrogens is 182 g/mol. The summed E-state index contributed by atoms with van der Waals surface area (Å²) in [7, 11) is 1.91. The lowest BCUT2D eigenvalue weighted by molar-refractivity contribution is 0.418. The van der Waals surface area contributed by atoms with Crippen LogP contribution in [0.25, 0.3) is 11.4 Å². The minimum Gasteiger partial charge on any atom is -0.342 e. The van der Waals surface area contributed by atoms with Crippen molar-refractivity contribution in [2.75, 3.05) is 0 Å². The molecule has 2 aromatic rings. The lowest BCUT2D eigenvalue weighted by Crippen LogP contribution is -1.91. The second-order valence-electron chi connectivity index (χ2n) is 2.91. The van der Waals surface area contributed by atoms with Crippen molar-refractivity contribution >= 4 is 7.85 Å². The highest BCUT2D eigenvalue weighted by Crippen LogP contribution is 2.18. The van der Waals surface area contributed by atoms with Gasteiger partial charge in [-0.05, 0) is 11.6 Å². The summed E-state index contributed by atoms with van der Waals surface area (Å²) in [6.45, 7) is 0. The van der Waals surface area contributed by atoms with Crippen molar-refractivity contribution < 1.29 is 8.91 Å². The van der Waals surface area contributed by atoms with Crippen molar-refractivity contribution in [1.82, 2.24) is 10.1 Å². The van der Waals surface area contributed by atoms with Gasteiger partial charge in [-0.25, -0.2) is 4.39 Å². The highest BCUT2D eigenvalue weighted by Gasteiger charge is 2.06. The highest BCUT2D eigenvalue weighted by atomic mass is 19.1. The predicted molar refractivity (Wildman–Crippen MR) is 51.9 cm³/mol. The normalized spacial score (nSPS) is 10.4. The fourth-order valence-electron chi connectivity index (χ4n) is 1.27. The highest BCUT2D eigenvalue weighted by molar-refractivity contribution is 6.08. The molecule has 1 aromatic heterocycles. The molecule has 0 atom stereocenters. The van der Waals surface area contributed by atoms with Crippen molar-refractivity contribution in [2.24, 2.45) is 0 Å². The molecular formula is C9H8BFN2O. The van der Waals surface area contributed by atoms with Gasteiger partial charge in [-0.1, -0.05) is 23.6 Å². The van der Waals surface area contributed by atoms with Crippen LogP contribution >= 0.6 is 0 Å². The zero-order chi connectivity index (χ0) is 9.97. The van der Waals surface area contributed by atoms with Gasteiger partial charge < -0.3 is 4.52 Å². The van der Waals surface area contributed by atoms with E-state index in [1.54, 1.807) is 12.1 Å². The van der Waals surface area contributed by atoms with E-state index in [2.05, 4.69) is 14.7 Å². The summed E-state index contributed by atoms with van der Waals surface area (Å²) >= 11 is 0. The van der Waals surface area contributed by atoms with Gasteiger partial charge in [0.25, 0.3) is 0 Å². The topological polar surface area (TPSA) is 38.9 Å². The minimum atomic E-state index is -0.227. The first kappa shape index (κ1) is 8.93. The molecule has 0 fully saturated rings. The summed E-state index contributed by atoms with van der Waals surface area (Å²) in [5, 5.41) is 3.63.